The minimum absolute atomic E-state index is 0.0223. The highest BCUT2D eigenvalue weighted by Crippen LogP contribution is 2.19. The van der Waals surface area contributed by atoms with Crippen molar-refractivity contribution >= 4 is 21.8 Å². The van der Waals surface area contributed by atoms with Gasteiger partial charge in [0.2, 0.25) is 15.9 Å². The van der Waals surface area contributed by atoms with Crippen molar-refractivity contribution in [2.45, 2.75) is 38.1 Å². The maximum atomic E-state index is 13.3. The SMILES string of the molecule is Cc1ccc(C(=O)N[C@H](C(=O)N2CCCN(S(=O)(=O)c3ccc(F)cc3)CC2)C(C)C)cc1. The third kappa shape index (κ3) is 5.97. The molecule has 3 rings (SSSR count). The van der Waals surface area contributed by atoms with Crippen LogP contribution >= 0.6 is 0 Å². The average Bonchev–Trinajstić information content (AvgIpc) is 3.04. The van der Waals surface area contributed by atoms with Crippen LogP contribution in [0.25, 0.3) is 0 Å². The highest BCUT2D eigenvalue weighted by molar-refractivity contribution is 7.89. The van der Waals surface area contributed by atoms with Gasteiger partial charge in [0.25, 0.3) is 5.91 Å². The standard InChI is InChI=1S/C24H30FN3O4S/c1-17(2)22(26-23(29)19-7-5-18(3)6-8-19)24(30)27-13-4-14-28(16-15-27)33(31,32)21-11-9-20(25)10-12-21/h5-12,17,22H,4,13-16H2,1-3H3,(H,26,29)/t22-/m0/s1. The van der Waals surface area contributed by atoms with Gasteiger partial charge in [0, 0.05) is 31.7 Å². The van der Waals surface area contributed by atoms with Crippen molar-refractivity contribution in [2.75, 3.05) is 26.2 Å². The zero-order chi connectivity index (χ0) is 24.2. The lowest BCUT2D eigenvalue weighted by Crippen LogP contribution is -2.52. The Kier molecular flexibility index (Phi) is 7.86. The maximum Gasteiger partial charge on any atom is 0.251 e. The topological polar surface area (TPSA) is 86.8 Å². The number of nitrogens with one attached hydrogen (secondary N) is 1. The second-order valence-corrected chi connectivity index (χ2v) is 10.5. The fraction of sp³-hybridized carbons (Fsp3) is 0.417. The summed E-state index contributed by atoms with van der Waals surface area (Å²) in [5.41, 5.74) is 1.51. The second-order valence-electron chi connectivity index (χ2n) is 8.60. The van der Waals surface area contributed by atoms with Crippen molar-refractivity contribution in [3.05, 3.63) is 65.5 Å². The van der Waals surface area contributed by atoms with Crippen molar-refractivity contribution < 1.29 is 22.4 Å². The summed E-state index contributed by atoms with van der Waals surface area (Å²) in [5, 5.41) is 2.84. The maximum absolute atomic E-state index is 13.3. The minimum atomic E-state index is -3.79. The molecule has 1 atom stereocenters. The summed E-state index contributed by atoms with van der Waals surface area (Å²) in [7, 11) is -3.79. The molecular formula is C24H30FN3O4S. The van der Waals surface area contributed by atoms with Crippen LogP contribution in [0.15, 0.2) is 53.4 Å². The van der Waals surface area contributed by atoms with E-state index in [-0.39, 0.29) is 42.3 Å². The number of aryl methyl sites for hydroxylation is 1. The van der Waals surface area contributed by atoms with Crippen molar-refractivity contribution in [1.29, 1.82) is 0 Å². The van der Waals surface area contributed by atoms with Crippen LogP contribution in [-0.2, 0) is 14.8 Å². The van der Waals surface area contributed by atoms with E-state index in [9.17, 15) is 22.4 Å². The van der Waals surface area contributed by atoms with E-state index < -0.39 is 21.9 Å². The summed E-state index contributed by atoms with van der Waals surface area (Å²) in [6, 6.07) is 11.1. The first-order chi connectivity index (χ1) is 15.6. The lowest BCUT2D eigenvalue weighted by Gasteiger charge is -2.29. The Balaban J connectivity index is 1.69. The second kappa shape index (κ2) is 10.4. The molecule has 0 aromatic heterocycles. The van der Waals surface area contributed by atoms with Crippen molar-refractivity contribution in [1.82, 2.24) is 14.5 Å². The van der Waals surface area contributed by atoms with Crippen molar-refractivity contribution in [3.63, 3.8) is 0 Å². The van der Waals surface area contributed by atoms with Crippen molar-refractivity contribution in [2.24, 2.45) is 5.92 Å². The number of rotatable bonds is 6. The summed E-state index contributed by atoms with van der Waals surface area (Å²) in [4.78, 5) is 27.6. The molecule has 0 spiro atoms. The lowest BCUT2D eigenvalue weighted by molar-refractivity contribution is -0.134. The van der Waals surface area contributed by atoms with E-state index in [1.807, 2.05) is 32.9 Å². The molecule has 0 bridgehead atoms. The van der Waals surface area contributed by atoms with Crippen LogP contribution in [0.1, 0.15) is 36.2 Å². The average molecular weight is 476 g/mol. The van der Waals surface area contributed by atoms with Gasteiger partial charge in [-0.3, -0.25) is 9.59 Å². The molecule has 1 saturated heterocycles. The minimum Gasteiger partial charge on any atom is -0.340 e. The van der Waals surface area contributed by atoms with Crippen LogP contribution in [0, 0.1) is 18.7 Å². The van der Waals surface area contributed by atoms with E-state index in [0.717, 1.165) is 17.7 Å². The monoisotopic (exact) mass is 475 g/mol. The molecule has 0 saturated carbocycles. The number of nitrogens with zero attached hydrogens (tertiary/aromatic N) is 2. The molecule has 2 amide bonds. The molecule has 0 radical (unpaired) electrons. The summed E-state index contributed by atoms with van der Waals surface area (Å²) >= 11 is 0. The zero-order valence-electron chi connectivity index (χ0n) is 19.1. The Morgan fingerprint density at radius 3 is 2.18 bits per heavy atom. The van der Waals surface area contributed by atoms with E-state index in [0.29, 0.717) is 18.5 Å². The van der Waals surface area contributed by atoms with Crippen molar-refractivity contribution in [3.8, 4) is 0 Å². The number of benzene rings is 2. The first kappa shape index (κ1) is 24.9. The first-order valence-corrected chi connectivity index (χ1v) is 12.5. The van der Waals surface area contributed by atoms with Crippen LogP contribution in [0.3, 0.4) is 0 Å². The Hall–Kier alpha value is -2.78. The predicted molar refractivity (Wildman–Crippen MR) is 124 cm³/mol. The van der Waals surface area contributed by atoms with Crippen LogP contribution in [0.2, 0.25) is 0 Å². The summed E-state index contributed by atoms with van der Waals surface area (Å²) in [5.74, 6) is -1.20. The number of halogens is 1. The fourth-order valence-corrected chi connectivity index (χ4v) is 5.22. The largest absolute Gasteiger partial charge is 0.340 e. The van der Waals surface area contributed by atoms with Gasteiger partial charge in [-0.15, -0.1) is 0 Å². The molecule has 1 heterocycles. The Morgan fingerprint density at radius 2 is 1.58 bits per heavy atom. The van der Waals surface area contributed by atoms with Crippen LogP contribution < -0.4 is 5.32 Å². The van der Waals surface area contributed by atoms with Crippen LogP contribution in [-0.4, -0.2) is 61.7 Å². The lowest BCUT2D eigenvalue weighted by atomic mass is 10.0. The third-order valence-electron chi connectivity index (χ3n) is 5.75. The normalized spacial score (nSPS) is 16.3. The molecule has 0 unspecified atom stereocenters. The van der Waals surface area contributed by atoms with Gasteiger partial charge in [-0.25, -0.2) is 12.8 Å². The number of hydrogen-bond donors (Lipinski definition) is 1. The first-order valence-electron chi connectivity index (χ1n) is 11.0. The van der Waals surface area contributed by atoms with Gasteiger partial charge in [-0.05, 0) is 55.7 Å². The van der Waals surface area contributed by atoms with Gasteiger partial charge < -0.3 is 10.2 Å². The van der Waals surface area contributed by atoms with Gasteiger partial charge >= 0.3 is 0 Å². The van der Waals surface area contributed by atoms with E-state index >= 15 is 0 Å². The summed E-state index contributed by atoms with van der Waals surface area (Å²) in [6.07, 6.45) is 0.461. The van der Waals surface area contributed by atoms with E-state index in [2.05, 4.69) is 5.32 Å². The zero-order valence-corrected chi connectivity index (χ0v) is 19.9. The molecule has 2 aromatic rings. The molecular weight excluding hydrogens is 445 g/mol. The van der Waals surface area contributed by atoms with Gasteiger partial charge in [-0.2, -0.15) is 4.31 Å². The van der Waals surface area contributed by atoms with Crippen LogP contribution in [0.5, 0.6) is 0 Å². The van der Waals surface area contributed by atoms with E-state index in [1.54, 1.807) is 17.0 Å². The van der Waals surface area contributed by atoms with E-state index in [4.69, 9.17) is 0 Å². The molecule has 9 heteroatoms. The molecule has 0 aliphatic carbocycles. The number of amides is 2. The van der Waals surface area contributed by atoms with Gasteiger partial charge in [0.1, 0.15) is 11.9 Å². The molecule has 33 heavy (non-hydrogen) atoms. The molecule has 178 valence electrons. The highest BCUT2D eigenvalue weighted by Gasteiger charge is 2.32. The number of sulfonamides is 1. The van der Waals surface area contributed by atoms with E-state index in [1.165, 1.54) is 16.4 Å². The number of hydrogen-bond acceptors (Lipinski definition) is 4. The number of carbonyl (C=O) groups is 2. The molecule has 1 aliphatic heterocycles. The smallest absolute Gasteiger partial charge is 0.251 e. The molecule has 1 aliphatic rings. The molecule has 7 nitrogen and oxygen atoms in total. The third-order valence-corrected chi connectivity index (χ3v) is 7.66. The molecule has 1 N–H and O–H groups in total. The Bertz CT molecular complexity index is 1090. The van der Waals surface area contributed by atoms with Gasteiger partial charge in [0.05, 0.1) is 4.90 Å². The van der Waals surface area contributed by atoms with Gasteiger partial charge in [0.15, 0.2) is 0 Å². The van der Waals surface area contributed by atoms with Gasteiger partial charge in [-0.1, -0.05) is 31.5 Å². The summed E-state index contributed by atoms with van der Waals surface area (Å²) < 4.78 is 40.4. The Labute approximate surface area is 194 Å². The quantitative estimate of drug-likeness (QED) is 0.696. The highest BCUT2D eigenvalue weighted by atomic mass is 32.2. The fourth-order valence-electron chi connectivity index (χ4n) is 3.75. The molecule has 2 aromatic carbocycles. The molecule has 1 fully saturated rings. The summed E-state index contributed by atoms with van der Waals surface area (Å²) in [6.45, 7) is 6.64. The predicted octanol–water partition coefficient (Wildman–Crippen LogP) is 2.81. The Morgan fingerprint density at radius 1 is 0.939 bits per heavy atom. The number of carbonyl (C=O) groups excluding carboxylic acids is 2. The van der Waals surface area contributed by atoms with Crippen LogP contribution in [0.4, 0.5) is 4.39 Å².